The predicted octanol–water partition coefficient (Wildman–Crippen LogP) is 5.34. The van der Waals surface area contributed by atoms with Crippen molar-refractivity contribution in [3.05, 3.63) is 60.0 Å². The molecule has 10 heteroatoms. The van der Waals surface area contributed by atoms with Gasteiger partial charge in [-0.05, 0) is 50.1 Å². The molecule has 3 N–H and O–H groups in total. The third kappa shape index (κ3) is 3.62. The molecule has 176 valence electrons. The van der Waals surface area contributed by atoms with Gasteiger partial charge in [0, 0.05) is 40.5 Å². The van der Waals surface area contributed by atoms with Crippen molar-refractivity contribution in [2.75, 3.05) is 5.32 Å². The summed E-state index contributed by atoms with van der Waals surface area (Å²) in [5, 5.41) is 11.3. The van der Waals surface area contributed by atoms with Crippen LogP contribution in [0.2, 0.25) is 0 Å². The Morgan fingerprint density at radius 2 is 1.94 bits per heavy atom. The Bertz CT molecular complexity index is 1780. The number of fused-ring (bicyclic) bond motifs is 2. The number of hydrogen-bond donors (Lipinski definition) is 3. The molecule has 36 heavy (non-hydrogen) atoms. The molecule has 0 bridgehead atoms. The average molecular weight is 493 g/mol. The molecular formula is C26H20N8OS. The summed E-state index contributed by atoms with van der Waals surface area (Å²) in [5.74, 6) is 0.820. The molecule has 6 aromatic heterocycles. The first-order valence-corrected chi connectivity index (χ1v) is 12.5. The SMILES string of the molecule is Cc1ccc(-c2nccc3[nH]c(-c4n[nH]c5ncc(-c6cncc(NC(=O)C7CC7)c6)cc45)nc23)s1. The van der Waals surface area contributed by atoms with Gasteiger partial charge in [-0.2, -0.15) is 5.10 Å². The monoisotopic (exact) mass is 492 g/mol. The van der Waals surface area contributed by atoms with E-state index < -0.39 is 0 Å². The van der Waals surface area contributed by atoms with Crippen molar-refractivity contribution in [1.82, 2.24) is 35.1 Å². The van der Waals surface area contributed by atoms with E-state index in [2.05, 4.69) is 54.5 Å². The van der Waals surface area contributed by atoms with Crippen molar-refractivity contribution in [2.24, 2.45) is 5.92 Å². The molecule has 0 saturated heterocycles. The first-order valence-electron chi connectivity index (χ1n) is 11.6. The van der Waals surface area contributed by atoms with Crippen molar-refractivity contribution < 1.29 is 4.79 Å². The lowest BCUT2D eigenvalue weighted by Gasteiger charge is -2.06. The molecule has 6 heterocycles. The lowest BCUT2D eigenvalue weighted by molar-refractivity contribution is -0.117. The fourth-order valence-electron chi connectivity index (χ4n) is 4.29. The number of carbonyl (C=O) groups excluding carboxylic acids is 1. The van der Waals surface area contributed by atoms with Crippen LogP contribution < -0.4 is 5.32 Å². The highest BCUT2D eigenvalue weighted by Crippen LogP contribution is 2.34. The summed E-state index contributed by atoms with van der Waals surface area (Å²) in [6.45, 7) is 2.08. The van der Waals surface area contributed by atoms with Crippen LogP contribution in [-0.2, 0) is 4.79 Å². The summed E-state index contributed by atoms with van der Waals surface area (Å²) in [5.41, 5.74) is 6.29. The van der Waals surface area contributed by atoms with Crippen LogP contribution in [0.1, 0.15) is 17.7 Å². The molecule has 0 aromatic carbocycles. The van der Waals surface area contributed by atoms with Gasteiger partial charge in [0.25, 0.3) is 0 Å². The Balaban J connectivity index is 1.28. The second-order valence-corrected chi connectivity index (χ2v) is 10.3. The van der Waals surface area contributed by atoms with E-state index in [4.69, 9.17) is 4.98 Å². The van der Waals surface area contributed by atoms with E-state index in [1.54, 1.807) is 36.1 Å². The Hall–Kier alpha value is -4.44. The van der Waals surface area contributed by atoms with Gasteiger partial charge < -0.3 is 10.3 Å². The van der Waals surface area contributed by atoms with Crippen molar-refractivity contribution in [2.45, 2.75) is 19.8 Å². The maximum Gasteiger partial charge on any atom is 0.227 e. The van der Waals surface area contributed by atoms with Crippen LogP contribution in [0, 0.1) is 12.8 Å². The molecule has 0 atom stereocenters. The number of imidazole rings is 1. The minimum Gasteiger partial charge on any atom is -0.336 e. The van der Waals surface area contributed by atoms with Crippen LogP contribution in [0.4, 0.5) is 5.69 Å². The van der Waals surface area contributed by atoms with Crippen molar-refractivity contribution in [3.63, 3.8) is 0 Å². The molecule has 1 amide bonds. The smallest absolute Gasteiger partial charge is 0.227 e. The molecule has 1 fully saturated rings. The van der Waals surface area contributed by atoms with Gasteiger partial charge in [-0.25, -0.2) is 9.97 Å². The number of H-pyrrole nitrogens is 2. The van der Waals surface area contributed by atoms with E-state index in [1.165, 1.54) is 4.88 Å². The van der Waals surface area contributed by atoms with Gasteiger partial charge >= 0.3 is 0 Å². The Labute approximate surface area is 209 Å². The Morgan fingerprint density at radius 3 is 2.78 bits per heavy atom. The van der Waals surface area contributed by atoms with E-state index in [-0.39, 0.29) is 11.8 Å². The topological polar surface area (TPSA) is 125 Å². The van der Waals surface area contributed by atoms with Gasteiger partial charge in [-0.1, -0.05) is 0 Å². The summed E-state index contributed by atoms with van der Waals surface area (Å²) in [7, 11) is 0. The van der Waals surface area contributed by atoms with E-state index in [0.717, 1.165) is 51.0 Å². The summed E-state index contributed by atoms with van der Waals surface area (Å²) >= 11 is 1.69. The molecule has 7 rings (SSSR count). The first-order chi connectivity index (χ1) is 17.6. The third-order valence-electron chi connectivity index (χ3n) is 6.30. The third-order valence-corrected chi connectivity index (χ3v) is 7.31. The van der Waals surface area contributed by atoms with Gasteiger partial charge in [-0.3, -0.25) is 19.9 Å². The molecule has 0 unspecified atom stereocenters. The van der Waals surface area contributed by atoms with Crippen molar-refractivity contribution in [1.29, 1.82) is 0 Å². The van der Waals surface area contributed by atoms with Crippen LogP contribution in [0.15, 0.2) is 55.1 Å². The number of carbonyl (C=O) groups is 1. The van der Waals surface area contributed by atoms with Crippen LogP contribution in [-0.4, -0.2) is 41.0 Å². The molecule has 6 aromatic rings. The number of aryl methyl sites for hydroxylation is 1. The van der Waals surface area contributed by atoms with Crippen LogP contribution in [0.3, 0.4) is 0 Å². The number of thiophene rings is 1. The van der Waals surface area contributed by atoms with Crippen LogP contribution >= 0.6 is 11.3 Å². The van der Waals surface area contributed by atoms with Gasteiger partial charge in [0.2, 0.25) is 5.91 Å². The zero-order valence-corrected chi connectivity index (χ0v) is 20.1. The average Bonchev–Trinajstić information content (AvgIpc) is 3.30. The number of nitrogens with one attached hydrogen (secondary N) is 3. The van der Waals surface area contributed by atoms with Gasteiger partial charge in [0.1, 0.15) is 16.9 Å². The minimum absolute atomic E-state index is 0.0519. The van der Waals surface area contributed by atoms with Crippen LogP contribution in [0.25, 0.3) is 55.3 Å². The number of amides is 1. The quantitative estimate of drug-likeness (QED) is 0.298. The normalized spacial score (nSPS) is 13.5. The number of anilines is 1. The number of rotatable bonds is 5. The summed E-state index contributed by atoms with van der Waals surface area (Å²) < 4.78 is 0. The largest absolute Gasteiger partial charge is 0.336 e. The highest BCUT2D eigenvalue weighted by molar-refractivity contribution is 7.15. The molecule has 9 nitrogen and oxygen atoms in total. The lowest BCUT2D eigenvalue weighted by Crippen LogP contribution is -2.13. The summed E-state index contributed by atoms with van der Waals surface area (Å²) in [4.78, 5) is 36.2. The molecule has 1 aliphatic rings. The van der Waals surface area contributed by atoms with Crippen molar-refractivity contribution >= 4 is 45.0 Å². The number of nitrogens with zero attached hydrogens (tertiary/aromatic N) is 5. The second-order valence-electron chi connectivity index (χ2n) is 8.97. The van der Waals surface area contributed by atoms with E-state index in [1.807, 2.05) is 18.2 Å². The van der Waals surface area contributed by atoms with Crippen LogP contribution in [0.5, 0.6) is 0 Å². The maximum atomic E-state index is 12.2. The Kier molecular flexibility index (Phi) is 4.68. The lowest BCUT2D eigenvalue weighted by atomic mass is 10.1. The fourth-order valence-corrected chi connectivity index (χ4v) is 5.15. The maximum absolute atomic E-state index is 12.2. The number of aromatic amines is 2. The highest BCUT2D eigenvalue weighted by atomic mass is 32.1. The summed E-state index contributed by atoms with van der Waals surface area (Å²) in [6, 6.07) is 10.0. The predicted molar refractivity (Wildman–Crippen MR) is 139 cm³/mol. The van der Waals surface area contributed by atoms with Gasteiger partial charge in [0.15, 0.2) is 11.5 Å². The number of hydrogen-bond acceptors (Lipinski definition) is 7. The van der Waals surface area contributed by atoms with E-state index >= 15 is 0 Å². The minimum atomic E-state index is 0.0519. The zero-order valence-electron chi connectivity index (χ0n) is 19.2. The molecule has 0 radical (unpaired) electrons. The van der Waals surface area contributed by atoms with Gasteiger partial charge in [0.05, 0.1) is 27.7 Å². The van der Waals surface area contributed by atoms with E-state index in [0.29, 0.717) is 22.9 Å². The molecule has 1 saturated carbocycles. The standard InChI is InChI=1S/C26H20N8OS/c1-13-2-5-20(36-13)23-22-19(6-7-28-23)31-25(32-22)21-18-9-16(11-29-24(18)34-33-21)15-8-17(12-27-10-15)30-26(35)14-3-4-14/h2,5-12,14H,3-4H2,1H3,(H,30,35)(H,31,32)(H,29,33,34). The Morgan fingerprint density at radius 1 is 1.06 bits per heavy atom. The highest BCUT2D eigenvalue weighted by Gasteiger charge is 2.29. The zero-order chi connectivity index (χ0) is 24.2. The summed E-state index contributed by atoms with van der Waals surface area (Å²) in [6.07, 6.45) is 8.89. The number of aromatic nitrogens is 7. The van der Waals surface area contributed by atoms with E-state index in [9.17, 15) is 4.79 Å². The molecule has 0 aliphatic heterocycles. The molecule has 1 aliphatic carbocycles. The second kappa shape index (κ2) is 8.06. The van der Waals surface area contributed by atoms with Gasteiger partial charge in [-0.15, -0.1) is 11.3 Å². The first kappa shape index (κ1) is 20.9. The number of pyridine rings is 3. The van der Waals surface area contributed by atoms with Crippen molar-refractivity contribution in [3.8, 4) is 33.2 Å². The molecular weight excluding hydrogens is 472 g/mol. The fraction of sp³-hybridized carbons (Fsp3) is 0.154. The molecule has 0 spiro atoms.